The predicted molar refractivity (Wildman–Crippen MR) is 118 cm³/mol. The van der Waals surface area contributed by atoms with Gasteiger partial charge in [0.25, 0.3) is 0 Å². The first-order valence-corrected chi connectivity index (χ1v) is 9.63. The number of nitrogens with two attached hydrogens (primary N) is 1. The molecule has 2 atom stereocenters. The Morgan fingerprint density at radius 2 is 1.73 bits per heavy atom. The molecule has 2 N–H and O–H groups in total. The van der Waals surface area contributed by atoms with Gasteiger partial charge in [0.1, 0.15) is 18.2 Å². The van der Waals surface area contributed by atoms with Crippen molar-refractivity contribution < 1.29 is 0 Å². The summed E-state index contributed by atoms with van der Waals surface area (Å²) in [7, 11) is 0. The number of para-hydroxylation sites is 1. The Kier molecular flexibility index (Phi) is 5.36. The van der Waals surface area contributed by atoms with E-state index in [0.29, 0.717) is 16.3 Å². The molecule has 7 heteroatoms. The average Bonchev–Trinajstić information content (AvgIpc) is 3.37. The van der Waals surface area contributed by atoms with Crippen molar-refractivity contribution in [3.63, 3.8) is 0 Å². The van der Waals surface area contributed by atoms with Crippen LogP contribution in [-0.4, -0.2) is 16.4 Å². The first-order chi connectivity index (χ1) is 14.6. The number of halogens is 1. The minimum absolute atomic E-state index is 0.296. The van der Waals surface area contributed by atoms with Crippen molar-refractivity contribution in [1.29, 1.82) is 10.5 Å². The molecule has 0 fully saturated rings. The van der Waals surface area contributed by atoms with Crippen molar-refractivity contribution in [3.05, 3.63) is 89.2 Å². The van der Waals surface area contributed by atoms with Gasteiger partial charge in [0, 0.05) is 22.6 Å². The molecule has 1 aliphatic heterocycles. The van der Waals surface area contributed by atoms with Crippen molar-refractivity contribution in [1.82, 2.24) is 4.57 Å². The van der Waals surface area contributed by atoms with Crippen molar-refractivity contribution in [2.75, 3.05) is 5.01 Å². The second-order valence-corrected chi connectivity index (χ2v) is 7.15. The highest BCUT2D eigenvalue weighted by Crippen LogP contribution is 2.29. The summed E-state index contributed by atoms with van der Waals surface area (Å²) in [6.07, 6.45) is 2.94. The zero-order valence-electron chi connectivity index (χ0n) is 15.9. The molecule has 2 aromatic carbocycles. The number of allylic oxidation sites excluding steroid dienone is 1. The van der Waals surface area contributed by atoms with Crippen LogP contribution in [0.2, 0.25) is 5.02 Å². The number of nitrogens with zero attached hydrogens (tertiary/aromatic N) is 5. The van der Waals surface area contributed by atoms with E-state index in [1.807, 2.05) is 65.4 Å². The average molecular weight is 413 g/mol. The van der Waals surface area contributed by atoms with Gasteiger partial charge in [0.15, 0.2) is 0 Å². The van der Waals surface area contributed by atoms with Crippen molar-refractivity contribution >= 4 is 29.1 Å². The molecule has 2 heterocycles. The van der Waals surface area contributed by atoms with E-state index in [2.05, 4.69) is 17.2 Å². The SMILES string of the molecule is N#C/C(=C/c1cccn1-c1ccc(Cl)cc1)C1=NN(c2ccccc2)[C@@H](N)[C@H]1C#N. The van der Waals surface area contributed by atoms with Gasteiger partial charge in [-0.15, -0.1) is 0 Å². The molecule has 3 aromatic rings. The number of nitriles is 2. The molecule has 4 rings (SSSR count). The number of aromatic nitrogens is 1. The molecule has 0 spiro atoms. The fraction of sp³-hybridized carbons (Fsp3) is 0.0870. The Labute approximate surface area is 179 Å². The quantitative estimate of drug-likeness (QED) is 0.645. The Morgan fingerprint density at radius 3 is 2.40 bits per heavy atom. The molecule has 0 radical (unpaired) electrons. The molecule has 30 heavy (non-hydrogen) atoms. The van der Waals surface area contributed by atoms with Crippen LogP contribution in [0, 0.1) is 28.6 Å². The summed E-state index contributed by atoms with van der Waals surface area (Å²) in [6, 6.07) is 24.9. The van der Waals surface area contributed by atoms with Crippen LogP contribution in [0.1, 0.15) is 5.69 Å². The van der Waals surface area contributed by atoms with Gasteiger partial charge in [-0.2, -0.15) is 15.6 Å². The lowest BCUT2D eigenvalue weighted by Crippen LogP contribution is -2.40. The lowest BCUT2D eigenvalue weighted by molar-refractivity contribution is 0.624. The molecule has 0 unspecified atom stereocenters. The summed E-state index contributed by atoms with van der Waals surface area (Å²) >= 11 is 5.99. The Balaban J connectivity index is 1.75. The third-order valence-corrected chi connectivity index (χ3v) is 5.12. The van der Waals surface area contributed by atoms with Crippen LogP contribution in [-0.2, 0) is 0 Å². The van der Waals surface area contributed by atoms with Crippen LogP contribution in [0.15, 0.2) is 83.6 Å². The minimum Gasteiger partial charge on any atom is -0.317 e. The maximum atomic E-state index is 9.84. The van der Waals surface area contributed by atoms with Crippen LogP contribution in [0.4, 0.5) is 5.69 Å². The lowest BCUT2D eigenvalue weighted by Gasteiger charge is -2.21. The Bertz CT molecular complexity index is 1190. The molecule has 0 amide bonds. The lowest BCUT2D eigenvalue weighted by atomic mass is 9.96. The third kappa shape index (κ3) is 3.58. The fourth-order valence-corrected chi connectivity index (χ4v) is 3.50. The molecule has 6 nitrogen and oxygen atoms in total. The second-order valence-electron chi connectivity index (χ2n) is 6.71. The molecule has 146 valence electrons. The smallest absolute Gasteiger partial charge is 0.127 e. The van der Waals surface area contributed by atoms with Gasteiger partial charge in [-0.3, -0.25) is 0 Å². The van der Waals surface area contributed by atoms with E-state index >= 15 is 0 Å². The number of rotatable bonds is 4. The van der Waals surface area contributed by atoms with E-state index in [4.69, 9.17) is 17.3 Å². The number of anilines is 1. The molecule has 1 aromatic heterocycles. The maximum Gasteiger partial charge on any atom is 0.127 e. The van der Waals surface area contributed by atoms with Gasteiger partial charge < -0.3 is 10.3 Å². The van der Waals surface area contributed by atoms with Crippen LogP contribution in [0.25, 0.3) is 11.8 Å². The summed E-state index contributed by atoms with van der Waals surface area (Å²) in [5.74, 6) is -0.727. The van der Waals surface area contributed by atoms with Crippen LogP contribution >= 0.6 is 11.6 Å². The van der Waals surface area contributed by atoms with Gasteiger partial charge in [0.05, 0.1) is 23.0 Å². The van der Waals surface area contributed by atoms with E-state index in [9.17, 15) is 10.5 Å². The van der Waals surface area contributed by atoms with Gasteiger partial charge in [-0.25, -0.2) is 5.01 Å². The summed E-state index contributed by atoms with van der Waals surface area (Å²) < 4.78 is 1.93. The molecule has 0 saturated heterocycles. The number of hydrogen-bond acceptors (Lipinski definition) is 5. The van der Waals surface area contributed by atoms with Gasteiger partial charge in [-0.05, 0) is 54.6 Å². The van der Waals surface area contributed by atoms with Gasteiger partial charge >= 0.3 is 0 Å². The first kappa shape index (κ1) is 19.5. The van der Waals surface area contributed by atoms with Crippen LogP contribution in [0.3, 0.4) is 0 Å². The van der Waals surface area contributed by atoms with Gasteiger partial charge in [-0.1, -0.05) is 29.8 Å². The monoisotopic (exact) mass is 412 g/mol. The first-order valence-electron chi connectivity index (χ1n) is 9.26. The largest absolute Gasteiger partial charge is 0.317 e. The summed E-state index contributed by atoms with van der Waals surface area (Å²) in [6.45, 7) is 0. The number of benzene rings is 2. The van der Waals surface area contributed by atoms with Crippen molar-refractivity contribution in [2.45, 2.75) is 6.17 Å². The van der Waals surface area contributed by atoms with Crippen LogP contribution < -0.4 is 10.7 Å². The zero-order chi connectivity index (χ0) is 21.1. The van der Waals surface area contributed by atoms with Crippen molar-refractivity contribution in [2.24, 2.45) is 16.8 Å². The predicted octanol–water partition coefficient (Wildman–Crippen LogP) is 4.34. The molecular weight excluding hydrogens is 396 g/mol. The van der Waals surface area contributed by atoms with E-state index < -0.39 is 12.1 Å². The number of hydrogen-bond donors (Lipinski definition) is 1. The normalized spacial score (nSPS) is 18.6. The summed E-state index contributed by atoms with van der Waals surface area (Å²) in [5.41, 5.74) is 9.40. The summed E-state index contributed by atoms with van der Waals surface area (Å²) in [5, 5.41) is 26.3. The fourth-order valence-electron chi connectivity index (χ4n) is 3.38. The third-order valence-electron chi connectivity index (χ3n) is 4.87. The Hall–Kier alpha value is -3.84. The molecular formula is C23H17ClN6. The number of hydrazone groups is 1. The highest BCUT2D eigenvalue weighted by Gasteiger charge is 2.37. The minimum atomic E-state index is -0.727. The topological polar surface area (TPSA) is 94.1 Å². The zero-order valence-corrected chi connectivity index (χ0v) is 16.6. The van der Waals surface area contributed by atoms with E-state index in [1.54, 1.807) is 23.2 Å². The van der Waals surface area contributed by atoms with E-state index in [-0.39, 0.29) is 0 Å². The maximum absolute atomic E-state index is 9.84. The molecule has 0 saturated carbocycles. The molecule has 0 bridgehead atoms. The highest BCUT2D eigenvalue weighted by atomic mass is 35.5. The highest BCUT2D eigenvalue weighted by molar-refractivity contribution is 6.30. The summed E-state index contributed by atoms with van der Waals surface area (Å²) in [4.78, 5) is 0. The second kappa shape index (κ2) is 8.26. The standard InChI is InChI=1S/C23H17ClN6/c24-17-8-10-18(11-9-17)29-12-4-7-20(29)13-16(14-25)22-21(15-26)23(27)30(28-22)19-5-2-1-3-6-19/h1-13,21,23H,27H2/b16-13-/t21-,23+/m0/s1. The van der Waals surface area contributed by atoms with E-state index in [1.165, 1.54) is 0 Å². The van der Waals surface area contributed by atoms with Crippen LogP contribution in [0.5, 0.6) is 0 Å². The van der Waals surface area contributed by atoms with E-state index in [0.717, 1.165) is 17.1 Å². The molecule has 0 aliphatic carbocycles. The van der Waals surface area contributed by atoms with Crippen molar-refractivity contribution in [3.8, 4) is 17.8 Å². The molecule has 1 aliphatic rings. The van der Waals surface area contributed by atoms with Gasteiger partial charge in [0.2, 0.25) is 0 Å². The Morgan fingerprint density at radius 1 is 1.00 bits per heavy atom.